The van der Waals surface area contributed by atoms with E-state index in [2.05, 4.69) is 34.5 Å². The fourth-order valence-corrected chi connectivity index (χ4v) is 5.19. The van der Waals surface area contributed by atoms with E-state index in [1.165, 1.54) is 0 Å². The summed E-state index contributed by atoms with van der Waals surface area (Å²) in [5, 5.41) is 24.0. The van der Waals surface area contributed by atoms with E-state index in [0.717, 1.165) is 58.6 Å². The third kappa shape index (κ3) is 6.35. The van der Waals surface area contributed by atoms with Crippen molar-refractivity contribution in [2.45, 2.75) is 58.9 Å². The molecule has 0 saturated heterocycles. The Morgan fingerprint density at radius 3 is 2.38 bits per heavy atom. The second-order valence-corrected chi connectivity index (χ2v) is 10.4. The van der Waals surface area contributed by atoms with Crippen LogP contribution in [0, 0.1) is 0 Å². The van der Waals surface area contributed by atoms with Gasteiger partial charge in [0.05, 0.1) is 17.8 Å². The van der Waals surface area contributed by atoms with E-state index in [-0.39, 0.29) is 11.1 Å². The van der Waals surface area contributed by atoms with Crippen molar-refractivity contribution in [2.24, 2.45) is 0 Å². The first-order valence-corrected chi connectivity index (χ1v) is 14.3. The molecule has 2 heterocycles. The number of rotatable bonds is 12. The summed E-state index contributed by atoms with van der Waals surface area (Å²) >= 11 is 0. The van der Waals surface area contributed by atoms with E-state index in [1.807, 2.05) is 54.6 Å². The number of tetrazole rings is 1. The van der Waals surface area contributed by atoms with E-state index in [9.17, 15) is 14.7 Å². The van der Waals surface area contributed by atoms with Crippen molar-refractivity contribution < 1.29 is 9.90 Å². The molecule has 0 radical (unpaired) electrons. The zero-order valence-electron chi connectivity index (χ0n) is 23.9. The van der Waals surface area contributed by atoms with E-state index < -0.39 is 5.97 Å². The second kappa shape index (κ2) is 13.2. The topological polar surface area (TPSA) is 127 Å². The van der Waals surface area contributed by atoms with Gasteiger partial charge >= 0.3 is 5.97 Å². The Hall–Kier alpha value is -4.92. The zero-order valence-corrected chi connectivity index (χ0v) is 23.9. The minimum Gasteiger partial charge on any atom is -0.478 e. The lowest BCUT2D eigenvalue weighted by Gasteiger charge is -2.18. The Labute approximate surface area is 244 Å². The lowest BCUT2D eigenvalue weighted by Crippen LogP contribution is -2.31. The lowest BCUT2D eigenvalue weighted by atomic mass is 9.98. The number of aromatic amines is 1. The van der Waals surface area contributed by atoms with E-state index in [0.29, 0.717) is 37.2 Å². The average Bonchev–Trinajstić information content (AvgIpc) is 3.55. The third-order valence-corrected chi connectivity index (χ3v) is 7.34. The van der Waals surface area contributed by atoms with Crippen LogP contribution in [-0.2, 0) is 25.8 Å². The maximum Gasteiger partial charge on any atom is 0.335 e. The SMILES string of the molecule is CCCCc1nc(CCC)c(Cc2cccc(C(=O)O)c2)c(=O)n1Cc1ccc(-c2ccccc2-c2nn[nH]n2)cc1. The summed E-state index contributed by atoms with van der Waals surface area (Å²) in [6.45, 7) is 4.60. The first-order valence-electron chi connectivity index (χ1n) is 14.3. The van der Waals surface area contributed by atoms with Gasteiger partial charge in [-0.1, -0.05) is 87.4 Å². The number of aromatic carboxylic acids is 1. The number of nitrogens with zero attached hydrogens (tertiary/aromatic N) is 5. The van der Waals surface area contributed by atoms with Gasteiger partial charge in [-0.05, 0) is 52.4 Å². The van der Waals surface area contributed by atoms with Gasteiger partial charge in [-0.25, -0.2) is 9.78 Å². The largest absolute Gasteiger partial charge is 0.478 e. The van der Waals surface area contributed by atoms with Gasteiger partial charge < -0.3 is 5.11 Å². The van der Waals surface area contributed by atoms with Crippen LogP contribution in [0.4, 0.5) is 0 Å². The standard InChI is InChI=1S/C33H34N6O3/c1-3-5-14-30-34-29(9-4-2)28(20-23-10-8-11-25(19-23)33(41)42)32(40)39(30)21-22-15-17-24(18-16-22)26-12-6-7-13-27(26)31-35-37-38-36-31/h6-8,10-13,15-19H,3-5,9,14,20-21H2,1-2H3,(H,41,42)(H,35,36,37,38). The Balaban J connectivity index is 1.51. The molecule has 9 heteroatoms. The molecule has 214 valence electrons. The van der Waals surface area contributed by atoms with E-state index in [1.54, 1.807) is 22.8 Å². The molecule has 42 heavy (non-hydrogen) atoms. The first kappa shape index (κ1) is 28.6. The number of hydrogen-bond acceptors (Lipinski definition) is 6. The molecular formula is C33H34N6O3. The molecule has 2 N–H and O–H groups in total. The summed E-state index contributed by atoms with van der Waals surface area (Å²) in [5.74, 6) is 0.334. The van der Waals surface area contributed by atoms with Crippen LogP contribution in [0.15, 0.2) is 77.6 Å². The molecule has 0 unspecified atom stereocenters. The van der Waals surface area contributed by atoms with Crippen LogP contribution >= 0.6 is 0 Å². The Morgan fingerprint density at radius 2 is 1.69 bits per heavy atom. The van der Waals surface area contributed by atoms with Crippen LogP contribution < -0.4 is 5.56 Å². The van der Waals surface area contributed by atoms with Crippen LogP contribution in [0.2, 0.25) is 0 Å². The average molecular weight is 563 g/mol. The first-order chi connectivity index (χ1) is 20.5. The lowest BCUT2D eigenvalue weighted by molar-refractivity contribution is 0.0696. The van der Waals surface area contributed by atoms with Crippen molar-refractivity contribution in [1.29, 1.82) is 0 Å². The fourth-order valence-electron chi connectivity index (χ4n) is 5.19. The predicted octanol–water partition coefficient (Wildman–Crippen LogP) is 5.72. The van der Waals surface area contributed by atoms with E-state index >= 15 is 0 Å². The van der Waals surface area contributed by atoms with Gasteiger partial charge in [0.15, 0.2) is 0 Å². The fraction of sp³-hybridized carbons (Fsp3) is 0.273. The highest BCUT2D eigenvalue weighted by molar-refractivity contribution is 5.87. The smallest absolute Gasteiger partial charge is 0.335 e. The number of benzene rings is 3. The summed E-state index contributed by atoms with van der Waals surface area (Å²) in [6.07, 6.45) is 4.53. The number of aromatic nitrogens is 6. The number of carboxylic acid groups (broad SMARTS) is 1. The maximum atomic E-state index is 14.1. The molecule has 0 aliphatic heterocycles. The van der Waals surface area contributed by atoms with Crippen molar-refractivity contribution in [3.8, 4) is 22.5 Å². The van der Waals surface area contributed by atoms with Crippen molar-refractivity contribution in [3.63, 3.8) is 0 Å². The maximum absolute atomic E-state index is 14.1. The molecule has 0 amide bonds. The van der Waals surface area contributed by atoms with Crippen LogP contribution in [0.5, 0.6) is 0 Å². The Kier molecular flexibility index (Phi) is 8.96. The van der Waals surface area contributed by atoms with Gasteiger partial charge in [-0.3, -0.25) is 9.36 Å². The van der Waals surface area contributed by atoms with Gasteiger partial charge in [-0.2, -0.15) is 5.21 Å². The van der Waals surface area contributed by atoms with Crippen molar-refractivity contribution in [3.05, 3.63) is 117 Å². The third-order valence-electron chi connectivity index (χ3n) is 7.34. The number of aryl methyl sites for hydroxylation is 2. The molecule has 0 aliphatic carbocycles. The molecule has 0 aliphatic rings. The minimum atomic E-state index is -0.987. The number of unbranched alkanes of at least 4 members (excludes halogenated alkanes) is 1. The van der Waals surface area contributed by atoms with Crippen molar-refractivity contribution in [1.82, 2.24) is 30.2 Å². The highest BCUT2D eigenvalue weighted by Crippen LogP contribution is 2.30. The molecule has 0 atom stereocenters. The summed E-state index contributed by atoms with van der Waals surface area (Å²) in [6, 6.07) is 22.8. The Bertz CT molecular complexity index is 1730. The number of nitrogens with one attached hydrogen (secondary N) is 1. The molecule has 9 nitrogen and oxygen atoms in total. The molecule has 3 aromatic carbocycles. The molecule has 0 bridgehead atoms. The quantitative estimate of drug-likeness (QED) is 0.199. The van der Waals surface area contributed by atoms with Gasteiger partial charge in [0.1, 0.15) is 5.82 Å². The van der Waals surface area contributed by atoms with E-state index in [4.69, 9.17) is 4.98 Å². The van der Waals surface area contributed by atoms with Crippen LogP contribution in [0.1, 0.15) is 71.7 Å². The molecular weight excluding hydrogens is 528 g/mol. The van der Waals surface area contributed by atoms with Gasteiger partial charge in [0, 0.05) is 24.0 Å². The van der Waals surface area contributed by atoms with Gasteiger partial charge in [-0.15, -0.1) is 10.2 Å². The summed E-state index contributed by atoms with van der Waals surface area (Å²) in [4.78, 5) is 30.7. The van der Waals surface area contributed by atoms with Crippen LogP contribution in [0.25, 0.3) is 22.5 Å². The number of hydrogen-bond donors (Lipinski definition) is 2. The number of H-pyrrole nitrogens is 1. The zero-order chi connectivity index (χ0) is 29.5. The summed E-state index contributed by atoms with van der Waals surface area (Å²) < 4.78 is 1.80. The normalized spacial score (nSPS) is 11.1. The highest BCUT2D eigenvalue weighted by atomic mass is 16.4. The molecule has 5 aromatic rings. The van der Waals surface area contributed by atoms with Gasteiger partial charge in [0.25, 0.3) is 5.56 Å². The molecule has 0 fully saturated rings. The summed E-state index contributed by atoms with van der Waals surface area (Å²) in [5.41, 5.74) is 6.22. The Morgan fingerprint density at radius 1 is 0.905 bits per heavy atom. The molecule has 0 spiro atoms. The highest BCUT2D eigenvalue weighted by Gasteiger charge is 2.18. The monoisotopic (exact) mass is 562 g/mol. The molecule has 0 saturated carbocycles. The van der Waals surface area contributed by atoms with Crippen LogP contribution in [-0.4, -0.2) is 41.3 Å². The number of carbonyl (C=O) groups is 1. The second-order valence-electron chi connectivity index (χ2n) is 10.4. The summed E-state index contributed by atoms with van der Waals surface area (Å²) in [7, 11) is 0. The van der Waals surface area contributed by atoms with Crippen molar-refractivity contribution >= 4 is 5.97 Å². The van der Waals surface area contributed by atoms with Gasteiger partial charge in [0.2, 0.25) is 5.82 Å². The molecule has 5 rings (SSSR count). The molecule has 2 aromatic heterocycles. The number of carboxylic acids is 1. The van der Waals surface area contributed by atoms with Crippen molar-refractivity contribution in [2.75, 3.05) is 0 Å². The van der Waals surface area contributed by atoms with Crippen LogP contribution in [0.3, 0.4) is 0 Å². The minimum absolute atomic E-state index is 0.0631. The predicted molar refractivity (Wildman–Crippen MR) is 161 cm³/mol.